The maximum Gasteiger partial charge on any atom is 0.339 e. The van der Waals surface area contributed by atoms with Gasteiger partial charge in [0.1, 0.15) is 21.7 Å². The molecule has 1 aliphatic carbocycles. The molecule has 0 saturated heterocycles. The molecule has 2 aromatic carbocycles. The molecule has 0 fully saturated rings. The van der Waals surface area contributed by atoms with Gasteiger partial charge in [0.05, 0.1) is 10.5 Å². The van der Waals surface area contributed by atoms with Gasteiger partial charge in [0.2, 0.25) is 0 Å². The summed E-state index contributed by atoms with van der Waals surface area (Å²) in [6.07, 6.45) is 3.81. The highest BCUT2D eigenvalue weighted by Gasteiger charge is 2.23. The maximum atomic E-state index is 12.7. The zero-order valence-corrected chi connectivity index (χ0v) is 18.7. The van der Waals surface area contributed by atoms with Crippen LogP contribution in [0.3, 0.4) is 0 Å². The number of nitro groups is 1. The molecule has 11 heteroatoms. The zero-order chi connectivity index (χ0) is 23.6. The molecule has 0 atom stereocenters. The number of amides is 1. The first-order chi connectivity index (χ1) is 15.8. The van der Waals surface area contributed by atoms with E-state index in [9.17, 15) is 28.6 Å². The number of thiophene rings is 1. The third-order valence-electron chi connectivity index (χ3n) is 5.15. The maximum absolute atomic E-state index is 12.7. The van der Waals surface area contributed by atoms with Gasteiger partial charge < -0.3 is 9.50 Å². The third kappa shape index (κ3) is 4.72. The minimum Gasteiger partial charge on any atom is -0.379 e. The van der Waals surface area contributed by atoms with Crippen LogP contribution in [0.5, 0.6) is 5.75 Å². The minimum atomic E-state index is -4.30. The Bertz CT molecular complexity index is 1390. The van der Waals surface area contributed by atoms with Gasteiger partial charge >= 0.3 is 10.1 Å². The number of nitro benzene ring substituents is 1. The smallest absolute Gasteiger partial charge is 0.339 e. The first-order valence-electron chi connectivity index (χ1n) is 9.93. The predicted octanol–water partition coefficient (Wildman–Crippen LogP) is 4.43. The van der Waals surface area contributed by atoms with Crippen molar-refractivity contribution in [2.24, 2.45) is 0 Å². The van der Waals surface area contributed by atoms with Gasteiger partial charge in [-0.1, -0.05) is 6.07 Å². The Morgan fingerprint density at radius 1 is 1.15 bits per heavy atom. The molecule has 1 heterocycles. The average molecular weight is 484 g/mol. The third-order valence-corrected chi connectivity index (χ3v) is 7.60. The van der Waals surface area contributed by atoms with Crippen LogP contribution >= 0.6 is 11.3 Å². The Balaban J connectivity index is 1.49. The van der Waals surface area contributed by atoms with Crippen LogP contribution < -0.4 is 9.50 Å². The normalized spacial score (nSPS) is 12.9. The van der Waals surface area contributed by atoms with Crippen molar-refractivity contribution in [3.8, 4) is 11.8 Å². The summed E-state index contributed by atoms with van der Waals surface area (Å²) in [5.74, 6) is -0.486. The molecule has 33 heavy (non-hydrogen) atoms. The second-order valence-electron chi connectivity index (χ2n) is 7.30. The van der Waals surface area contributed by atoms with E-state index in [1.165, 1.54) is 53.8 Å². The molecular weight excluding hydrogens is 466 g/mol. The lowest BCUT2D eigenvalue weighted by Gasteiger charge is -2.09. The lowest BCUT2D eigenvalue weighted by molar-refractivity contribution is -0.385. The first-order valence-corrected chi connectivity index (χ1v) is 12.2. The van der Waals surface area contributed by atoms with Gasteiger partial charge in [0.25, 0.3) is 11.6 Å². The number of nitrogens with one attached hydrogen (secondary N) is 1. The summed E-state index contributed by atoms with van der Waals surface area (Å²) in [7, 11) is -4.30. The van der Waals surface area contributed by atoms with E-state index >= 15 is 0 Å². The van der Waals surface area contributed by atoms with Crippen LogP contribution in [0, 0.1) is 21.4 Å². The second kappa shape index (κ2) is 9.01. The van der Waals surface area contributed by atoms with E-state index in [1.54, 1.807) is 0 Å². The quantitative estimate of drug-likeness (QED) is 0.311. The van der Waals surface area contributed by atoms with Crippen molar-refractivity contribution < 1.29 is 22.3 Å². The number of nitrogens with zero attached hydrogens (tertiary/aromatic N) is 2. The number of carbonyl (C=O) groups is 1. The number of rotatable bonds is 6. The van der Waals surface area contributed by atoms with Crippen LogP contribution in [0.1, 0.15) is 39.2 Å². The van der Waals surface area contributed by atoms with E-state index in [2.05, 4.69) is 11.4 Å². The molecule has 0 saturated carbocycles. The predicted molar refractivity (Wildman–Crippen MR) is 121 cm³/mol. The number of non-ortho nitro benzene ring substituents is 1. The molecule has 0 bridgehead atoms. The Hall–Kier alpha value is -3.75. The Morgan fingerprint density at radius 2 is 1.88 bits per heavy atom. The van der Waals surface area contributed by atoms with Crippen LogP contribution in [0.4, 0.5) is 10.7 Å². The molecular formula is C22H17N3O6S2. The topological polar surface area (TPSA) is 139 Å². The van der Waals surface area contributed by atoms with Crippen molar-refractivity contribution in [1.29, 1.82) is 5.26 Å². The summed E-state index contributed by atoms with van der Waals surface area (Å²) < 4.78 is 29.9. The number of anilines is 1. The molecule has 0 unspecified atom stereocenters. The van der Waals surface area contributed by atoms with Crippen LogP contribution in [0.2, 0.25) is 0 Å². The summed E-state index contributed by atoms with van der Waals surface area (Å²) in [5.41, 5.74) is 1.40. The molecule has 0 aliphatic heterocycles. The van der Waals surface area contributed by atoms with Crippen molar-refractivity contribution in [3.63, 3.8) is 0 Å². The van der Waals surface area contributed by atoms with Crippen molar-refractivity contribution in [1.82, 2.24) is 0 Å². The fourth-order valence-electron chi connectivity index (χ4n) is 3.54. The number of benzene rings is 2. The monoisotopic (exact) mass is 483 g/mol. The van der Waals surface area contributed by atoms with Crippen LogP contribution in [0.15, 0.2) is 53.4 Å². The number of carbonyl (C=O) groups excluding carboxylic acids is 1. The van der Waals surface area contributed by atoms with Gasteiger partial charge in [-0.25, -0.2) is 0 Å². The fraction of sp³-hybridized carbons (Fsp3) is 0.182. The number of aryl methyl sites for hydroxylation is 1. The summed E-state index contributed by atoms with van der Waals surface area (Å²) in [4.78, 5) is 23.6. The molecule has 1 amide bonds. The van der Waals surface area contributed by atoms with E-state index in [4.69, 9.17) is 4.18 Å². The van der Waals surface area contributed by atoms with E-state index in [0.29, 0.717) is 10.6 Å². The lowest BCUT2D eigenvalue weighted by atomic mass is 9.96. The van der Waals surface area contributed by atoms with Gasteiger partial charge in [-0.3, -0.25) is 14.9 Å². The highest BCUT2D eigenvalue weighted by atomic mass is 32.2. The minimum absolute atomic E-state index is 0.0534. The molecule has 1 aromatic heterocycles. The molecule has 1 N–H and O–H groups in total. The molecule has 4 rings (SSSR count). The van der Waals surface area contributed by atoms with Crippen molar-refractivity contribution in [2.45, 2.75) is 30.6 Å². The summed E-state index contributed by atoms with van der Waals surface area (Å²) >= 11 is 1.41. The number of hydrogen-bond acceptors (Lipinski definition) is 8. The van der Waals surface area contributed by atoms with Crippen LogP contribution in [-0.4, -0.2) is 19.2 Å². The second-order valence-corrected chi connectivity index (χ2v) is 9.95. The number of nitriles is 1. The summed E-state index contributed by atoms with van der Waals surface area (Å²) in [6.45, 7) is 0. The van der Waals surface area contributed by atoms with Gasteiger partial charge in [-0.05, 0) is 61.6 Å². The molecule has 0 spiro atoms. The molecule has 0 radical (unpaired) electrons. The van der Waals surface area contributed by atoms with E-state index in [-0.39, 0.29) is 21.9 Å². The Kier molecular flexibility index (Phi) is 6.13. The van der Waals surface area contributed by atoms with Gasteiger partial charge in [-0.2, -0.15) is 13.7 Å². The highest BCUT2D eigenvalue weighted by Crippen LogP contribution is 2.37. The van der Waals surface area contributed by atoms with E-state index < -0.39 is 20.9 Å². The largest absolute Gasteiger partial charge is 0.379 e. The van der Waals surface area contributed by atoms with Crippen LogP contribution in [0.25, 0.3) is 0 Å². The number of hydrogen-bond donors (Lipinski definition) is 1. The molecule has 3 aromatic rings. The lowest BCUT2D eigenvalue weighted by Crippen LogP contribution is -2.13. The summed E-state index contributed by atoms with van der Waals surface area (Å²) in [5, 5.41) is 23.7. The van der Waals surface area contributed by atoms with E-state index in [0.717, 1.165) is 42.2 Å². The van der Waals surface area contributed by atoms with Crippen molar-refractivity contribution in [3.05, 3.63) is 80.2 Å². The van der Waals surface area contributed by atoms with Crippen LogP contribution in [-0.2, 0) is 23.0 Å². The van der Waals surface area contributed by atoms with E-state index in [1.807, 2.05) is 0 Å². The first kappa shape index (κ1) is 22.4. The fourth-order valence-corrected chi connectivity index (χ4v) is 5.74. The van der Waals surface area contributed by atoms with Gasteiger partial charge in [0, 0.05) is 22.6 Å². The molecule has 1 aliphatic rings. The van der Waals surface area contributed by atoms with Gasteiger partial charge in [-0.15, -0.1) is 11.3 Å². The zero-order valence-electron chi connectivity index (χ0n) is 17.1. The molecule has 168 valence electrons. The highest BCUT2D eigenvalue weighted by molar-refractivity contribution is 7.87. The number of fused-ring (bicyclic) bond motifs is 1. The van der Waals surface area contributed by atoms with Crippen molar-refractivity contribution >= 4 is 38.1 Å². The van der Waals surface area contributed by atoms with Crippen molar-refractivity contribution in [2.75, 3.05) is 5.32 Å². The Labute approximate surface area is 193 Å². The molecule has 9 nitrogen and oxygen atoms in total. The summed E-state index contributed by atoms with van der Waals surface area (Å²) in [6, 6.07) is 12.1. The standard InChI is InChI=1S/C22H17N3O6S2/c23-13-19-18-6-1-2-7-20(18)32-22(19)24-21(26)14-8-10-16(11-9-14)31-33(29,30)17-5-3-4-15(12-17)25(27)28/h3-5,8-12H,1-2,6-7H2,(H,24,26). The van der Waals surface area contributed by atoms with Gasteiger partial charge in [0.15, 0.2) is 0 Å². The Morgan fingerprint density at radius 3 is 2.58 bits per heavy atom. The average Bonchev–Trinajstić information content (AvgIpc) is 3.16. The SMILES string of the molecule is N#Cc1c(NC(=O)c2ccc(OS(=O)(=O)c3cccc([N+](=O)[O-])c3)cc2)sc2c1CCCC2.